The number of rotatable bonds is 8. The molecular weight excluding hydrogens is 460 g/mol. The minimum Gasteiger partial charge on any atom is -0.467 e. The van der Waals surface area contributed by atoms with E-state index in [-0.39, 0.29) is 5.91 Å². The van der Waals surface area contributed by atoms with Gasteiger partial charge in [0.2, 0.25) is 11.9 Å². The molecule has 5 rings (SSSR count). The molecule has 2 fully saturated rings. The van der Waals surface area contributed by atoms with Gasteiger partial charge in [-0.2, -0.15) is 0 Å². The minimum absolute atomic E-state index is 0.169. The van der Waals surface area contributed by atoms with Crippen LogP contribution in [0.15, 0.2) is 52.2 Å². The molecule has 1 amide bonds. The number of thioether (sulfide) groups is 1. The smallest absolute Gasteiger partial charge is 0.233 e. The van der Waals surface area contributed by atoms with Crippen molar-refractivity contribution in [1.29, 1.82) is 0 Å². The molecule has 0 aliphatic carbocycles. The van der Waals surface area contributed by atoms with Crippen molar-refractivity contribution in [2.24, 2.45) is 0 Å². The number of aromatic nitrogens is 3. The van der Waals surface area contributed by atoms with Crippen molar-refractivity contribution >= 4 is 23.6 Å². The fraction of sp³-hybridized carbons (Fsp3) is 0.500. The maximum absolute atomic E-state index is 13.1. The number of hydrogen-bond donors (Lipinski definition) is 0. The van der Waals surface area contributed by atoms with Crippen LogP contribution in [0, 0.1) is 6.92 Å². The summed E-state index contributed by atoms with van der Waals surface area (Å²) in [6, 6.07) is 12.6. The molecule has 8 nitrogen and oxygen atoms in total. The molecular formula is C26H34N6O2S. The molecule has 0 bridgehead atoms. The molecule has 9 heteroatoms. The number of carbonyl (C=O) groups excluding carboxylic acids is 1. The lowest BCUT2D eigenvalue weighted by Gasteiger charge is -2.22. The van der Waals surface area contributed by atoms with Gasteiger partial charge in [0, 0.05) is 45.8 Å². The lowest BCUT2D eigenvalue weighted by molar-refractivity contribution is -0.128. The number of benzene rings is 1. The maximum Gasteiger partial charge on any atom is 0.233 e. The third kappa shape index (κ3) is 6.08. The van der Waals surface area contributed by atoms with Crippen LogP contribution in [-0.2, 0) is 17.9 Å². The molecule has 4 heterocycles. The van der Waals surface area contributed by atoms with Crippen LogP contribution in [0.2, 0.25) is 0 Å². The van der Waals surface area contributed by atoms with Gasteiger partial charge in [0.05, 0.1) is 18.6 Å². The molecule has 1 aromatic carbocycles. The predicted molar refractivity (Wildman–Crippen MR) is 138 cm³/mol. The molecule has 0 N–H and O–H groups in total. The first-order valence-corrected chi connectivity index (χ1v) is 13.5. The molecule has 0 radical (unpaired) electrons. The van der Waals surface area contributed by atoms with Crippen LogP contribution < -0.4 is 4.90 Å². The minimum atomic E-state index is 0.169. The van der Waals surface area contributed by atoms with Gasteiger partial charge in [0.15, 0.2) is 5.16 Å². The second kappa shape index (κ2) is 11.3. The van der Waals surface area contributed by atoms with Crippen molar-refractivity contribution in [2.45, 2.75) is 44.4 Å². The second-order valence-corrected chi connectivity index (χ2v) is 10.4. The van der Waals surface area contributed by atoms with Crippen LogP contribution in [-0.4, -0.2) is 75.5 Å². The summed E-state index contributed by atoms with van der Waals surface area (Å²) in [4.78, 5) is 19.9. The van der Waals surface area contributed by atoms with Crippen LogP contribution in [0.3, 0.4) is 0 Å². The van der Waals surface area contributed by atoms with Crippen LogP contribution in [0.1, 0.15) is 36.1 Å². The Bertz CT molecular complexity index is 1090. The quantitative estimate of drug-likeness (QED) is 0.443. The molecule has 186 valence electrons. The highest BCUT2D eigenvalue weighted by atomic mass is 32.2. The van der Waals surface area contributed by atoms with E-state index in [0.717, 1.165) is 69.1 Å². The van der Waals surface area contributed by atoms with Crippen molar-refractivity contribution in [2.75, 3.05) is 49.9 Å². The monoisotopic (exact) mass is 494 g/mol. The highest BCUT2D eigenvalue weighted by Crippen LogP contribution is 2.26. The van der Waals surface area contributed by atoms with Gasteiger partial charge in [-0.25, -0.2) is 0 Å². The molecule has 0 atom stereocenters. The maximum atomic E-state index is 13.1. The fourth-order valence-electron chi connectivity index (χ4n) is 4.78. The summed E-state index contributed by atoms with van der Waals surface area (Å²) in [5.74, 6) is 2.27. The first-order valence-electron chi connectivity index (χ1n) is 12.5. The largest absolute Gasteiger partial charge is 0.467 e. The van der Waals surface area contributed by atoms with Crippen molar-refractivity contribution in [1.82, 2.24) is 24.6 Å². The summed E-state index contributed by atoms with van der Waals surface area (Å²) < 4.78 is 7.68. The number of anilines is 1. The van der Waals surface area contributed by atoms with Gasteiger partial charge in [-0.05, 0) is 43.9 Å². The van der Waals surface area contributed by atoms with E-state index >= 15 is 0 Å². The molecule has 35 heavy (non-hydrogen) atoms. The number of carbonyl (C=O) groups is 1. The van der Waals surface area contributed by atoms with Crippen molar-refractivity contribution < 1.29 is 9.21 Å². The molecule has 0 unspecified atom stereocenters. The Hall–Kier alpha value is -2.78. The van der Waals surface area contributed by atoms with E-state index in [4.69, 9.17) is 4.42 Å². The van der Waals surface area contributed by atoms with Gasteiger partial charge in [-0.1, -0.05) is 41.6 Å². The van der Waals surface area contributed by atoms with Crippen LogP contribution in [0.5, 0.6) is 0 Å². The van der Waals surface area contributed by atoms with Gasteiger partial charge < -0.3 is 14.2 Å². The van der Waals surface area contributed by atoms with Gasteiger partial charge in [0.25, 0.3) is 0 Å². The summed E-state index contributed by atoms with van der Waals surface area (Å²) in [7, 11) is 0. The van der Waals surface area contributed by atoms with Crippen molar-refractivity contribution in [3.05, 3.63) is 59.5 Å². The van der Waals surface area contributed by atoms with Crippen molar-refractivity contribution in [3.8, 4) is 0 Å². The highest BCUT2D eigenvalue weighted by Gasteiger charge is 2.24. The average Bonchev–Trinajstić information content (AvgIpc) is 3.61. The van der Waals surface area contributed by atoms with Crippen molar-refractivity contribution in [3.63, 3.8) is 0 Å². The van der Waals surface area contributed by atoms with Gasteiger partial charge in [0.1, 0.15) is 5.76 Å². The second-order valence-electron chi connectivity index (χ2n) is 9.43. The topological polar surface area (TPSA) is 70.6 Å². The van der Waals surface area contributed by atoms with Crippen LogP contribution in [0.4, 0.5) is 5.95 Å². The first kappa shape index (κ1) is 23.9. The normalized spacial score (nSPS) is 17.2. The van der Waals surface area contributed by atoms with E-state index in [1.807, 2.05) is 17.0 Å². The summed E-state index contributed by atoms with van der Waals surface area (Å²) in [5.41, 5.74) is 2.61. The number of hydrogen-bond acceptors (Lipinski definition) is 7. The zero-order valence-electron chi connectivity index (χ0n) is 20.4. The Labute approximate surface area is 211 Å². The summed E-state index contributed by atoms with van der Waals surface area (Å²) in [5, 5.41) is 9.71. The summed E-state index contributed by atoms with van der Waals surface area (Å²) in [6.45, 7) is 9.10. The third-order valence-electron chi connectivity index (χ3n) is 6.77. The fourth-order valence-corrected chi connectivity index (χ4v) is 5.62. The van der Waals surface area contributed by atoms with Crippen LogP contribution in [0.25, 0.3) is 0 Å². The Morgan fingerprint density at radius 3 is 2.54 bits per heavy atom. The molecule has 2 aliphatic rings. The lowest BCUT2D eigenvalue weighted by atomic mass is 10.1. The Balaban J connectivity index is 1.18. The highest BCUT2D eigenvalue weighted by molar-refractivity contribution is 7.99. The number of aryl methyl sites for hydroxylation is 1. The molecule has 2 aromatic heterocycles. The van der Waals surface area contributed by atoms with Gasteiger partial charge in [-0.15, -0.1) is 10.2 Å². The van der Waals surface area contributed by atoms with E-state index in [9.17, 15) is 4.79 Å². The third-order valence-corrected chi connectivity index (χ3v) is 7.72. The molecule has 0 saturated carbocycles. The van der Waals surface area contributed by atoms with E-state index in [2.05, 4.69) is 55.8 Å². The zero-order valence-corrected chi connectivity index (χ0v) is 21.3. The SMILES string of the molecule is Cc1ccc(CN2CCCN(C(=O)CSc3nnc(N4CCCC4)n3Cc3ccco3)CC2)cc1. The van der Waals surface area contributed by atoms with E-state index in [0.29, 0.717) is 12.3 Å². The van der Waals surface area contributed by atoms with E-state index in [1.165, 1.54) is 35.7 Å². The average molecular weight is 495 g/mol. The lowest BCUT2D eigenvalue weighted by Crippen LogP contribution is -2.36. The van der Waals surface area contributed by atoms with E-state index < -0.39 is 0 Å². The molecule has 0 spiro atoms. The van der Waals surface area contributed by atoms with Gasteiger partial charge in [-0.3, -0.25) is 14.3 Å². The first-order chi connectivity index (χ1) is 17.2. The Kier molecular flexibility index (Phi) is 7.73. The number of amides is 1. The zero-order chi connectivity index (χ0) is 24.0. The Morgan fingerprint density at radius 2 is 1.77 bits per heavy atom. The summed E-state index contributed by atoms with van der Waals surface area (Å²) in [6.07, 6.45) is 5.03. The number of nitrogens with zero attached hydrogens (tertiary/aromatic N) is 6. The Morgan fingerprint density at radius 1 is 0.943 bits per heavy atom. The van der Waals surface area contributed by atoms with Gasteiger partial charge >= 0.3 is 0 Å². The molecule has 3 aromatic rings. The standard InChI is InChI=1S/C26H34N6O2S/c1-21-7-9-22(10-8-21)18-29-11-5-14-30(16-15-29)24(33)20-35-26-28-27-25(31-12-2-3-13-31)32(26)19-23-6-4-17-34-23/h4,6-10,17H,2-3,5,11-16,18-20H2,1H3. The van der Waals surface area contributed by atoms with Crippen LogP contribution >= 0.6 is 11.8 Å². The van der Waals surface area contributed by atoms with E-state index in [1.54, 1.807) is 6.26 Å². The number of furan rings is 1. The molecule has 2 aliphatic heterocycles. The predicted octanol–water partition coefficient (Wildman–Crippen LogP) is 3.65. The molecule has 2 saturated heterocycles. The summed E-state index contributed by atoms with van der Waals surface area (Å²) >= 11 is 1.48.